The molecule has 1 aliphatic carbocycles. The second-order valence-corrected chi connectivity index (χ2v) is 7.68. The largest absolute Gasteiger partial charge is 0.294 e. The Morgan fingerprint density at radius 2 is 1.73 bits per heavy atom. The van der Waals surface area contributed by atoms with Gasteiger partial charge in [0.1, 0.15) is 5.70 Å². The maximum Gasteiger partial charge on any atom is 0.245 e. The van der Waals surface area contributed by atoms with Crippen molar-refractivity contribution in [3.8, 4) is 0 Å². The molecule has 0 radical (unpaired) electrons. The number of carbonyl (C=O) groups excluding carboxylic acids is 2. The predicted octanol–water partition coefficient (Wildman–Crippen LogP) is 5.97. The molecule has 0 saturated carbocycles. The van der Waals surface area contributed by atoms with Crippen molar-refractivity contribution in [2.45, 2.75) is 25.2 Å². The van der Waals surface area contributed by atoms with Crippen LogP contribution < -0.4 is 0 Å². The van der Waals surface area contributed by atoms with Crippen LogP contribution in [-0.4, -0.2) is 12.1 Å². The van der Waals surface area contributed by atoms with Crippen LogP contribution in [0, 0.1) is 0 Å². The van der Waals surface area contributed by atoms with E-state index in [9.17, 15) is 9.59 Å². The van der Waals surface area contributed by atoms with E-state index in [1.165, 1.54) is 38.7 Å². The zero-order valence-corrected chi connectivity index (χ0v) is 16.4. The summed E-state index contributed by atoms with van der Waals surface area (Å²) in [6, 6.07) is 17.3. The Labute approximate surface area is 174 Å². The van der Waals surface area contributed by atoms with Gasteiger partial charge in [-0.1, -0.05) is 60.7 Å². The molecule has 0 spiro atoms. The maximum atomic E-state index is 11.8. The summed E-state index contributed by atoms with van der Waals surface area (Å²) < 4.78 is 0. The number of aldehydes is 1. The Morgan fingerprint density at radius 1 is 0.900 bits per heavy atom. The molecule has 5 rings (SSSR count). The lowest BCUT2D eigenvalue weighted by Crippen LogP contribution is -2.12. The molecular weight excluding hydrogens is 372 g/mol. The van der Waals surface area contributed by atoms with Crippen LogP contribution in [-0.2, 0) is 16.0 Å². The lowest BCUT2D eigenvalue weighted by Gasteiger charge is -2.27. The van der Waals surface area contributed by atoms with Gasteiger partial charge in [-0.25, -0.2) is 0 Å². The minimum atomic E-state index is -0.661. The molecule has 4 heteroatoms. The number of ketones is 1. The highest BCUT2D eigenvalue weighted by atomic mass is 16.2. The molecule has 2 aliphatic rings. The van der Waals surface area contributed by atoms with E-state index in [1.807, 2.05) is 12.2 Å². The van der Waals surface area contributed by atoms with Crippen LogP contribution in [0.1, 0.15) is 29.9 Å². The van der Waals surface area contributed by atoms with Crippen molar-refractivity contribution < 1.29 is 9.59 Å². The molecule has 1 unspecified atom stereocenters. The molecule has 0 N–H and O–H groups in total. The number of rotatable bonds is 3. The fourth-order valence-corrected chi connectivity index (χ4v) is 4.58. The van der Waals surface area contributed by atoms with Crippen LogP contribution in [0.4, 0.5) is 0 Å². The lowest BCUT2D eigenvalue weighted by molar-refractivity contribution is -0.127. The number of aryl methyl sites for hydroxylation is 1. The average Bonchev–Trinajstić information content (AvgIpc) is 2.78. The number of nitrogens with zero attached hydrogens (tertiary/aromatic N) is 2. The molecule has 3 aromatic carbocycles. The van der Waals surface area contributed by atoms with Crippen molar-refractivity contribution >= 4 is 33.6 Å². The third-order valence-corrected chi connectivity index (χ3v) is 5.97. The van der Waals surface area contributed by atoms with Crippen molar-refractivity contribution in [3.05, 3.63) is 95.4 Å². The van der Waals surface area contributed by atoms with E-state index in [0.29, 0.717) is 0 Å². The molecule has 0 amide bonds. The normalized spacial score (nSPS) is 18.3. The number of hydrogen-bond donors (Lipinski definition) is 0. The zero-order valence-electron chi connectivity index (χ0n) is 16.4. The van der Waals surface area contributed by atoms with Crippen LogP contribution in [0.5, 0.6) is 0 Å². The summed E-state index contributed by atoms with van der Waals surface area (Å²) in [5, 5.41) is 13.5. The number of fused-ring (bicyclic) bond motifs is 5. The van der Waals surface area contributed by atoms with Gasteiger partial charge in [-0.3, -0.25) is 9.59 Å². The second kappa shape index (κ2) is 7.64. The van der Waals surface area contributed by atoms with Gasteiger partial charge in [0.25, 0.3) is 0 Å². The predicted molar refractivity (Wildman–Crippen MR) is 118 cm³/mol. The molecular formula is C26H20N2O2. The summed E-state index contributed by atoms with van der Waals surface area (Å²) in [6.45, 7) is 0. The number of hydrogen-bond acceptors (Lipinski definition) is 4. The second-order valence-electron chi connectivity index (χ2n) is 7.68. The zero-order chi connectivity index (χ0) is 20.5. The smallest absolute Gasteiger partial charge is 0.245 e. The monoisotopic (exact) mass is 392 g/mol. The Morgan fingerprint density at radius 3 is 2.63 bits per heavy atom. The van der Waals surface area contributed by atoms with Crippen LogP contribution in [0.2, 0.25) is 0 Å². The third-order valence-electron chi connectivity index (χ3n) is 5.97. The van der Waals surface area contributed by atoms with Gasteiger partial charge in [-0.2, -0.15) is 5.11 Å². The van der Waals surface area contributed by atoms with Crippen molar-refractivity contribution in [1.82, 2.24) is 0 Å². The SMILES string of the molecule is O=CC(=O)C1=CC=CC=C(C2CCCc3ccc4c(ccc5ccccc54)c32)N=N1. The van der Waals surface area contributed by atoms with Crippen LogP contribution in [0.15, 0.2) is 94.5 Å². The van der Waals surface area contributed by atoms with E-state index in [1.54, 1.807) is 6.08 Å². The molecule has 3 aromatic rings. The number of carbonyl (C=O) groups is 2. The molecule has 0 bridgehead atoms. The first kappa shape index (κ1) is 18.4. The Bertz CT molecular complexity index is 1310. The molecule has 0 fully saturated rings. The van der Waals surface area contributed by atoms with E-state index in [2.05, 4.69) is 58.8 Å². The van der Waals surface area contributed by atoms with Gasteiger partial charge in [-0.05, 0) is 64.1 Å². The minimum absolute atomic E-state index is 0.0618. The number of Topliss-reactive ketones (excluding diaryl/α,β-unsaturated/α-hetero) is 1. The summed E-state index contributed by atoms with van der Waals surface area (Å²) in [4.78, 5) is 22.6. The Kier molecular flexibility index (Phi) is 4.68. The van der Waals surface area contributed by atoms with Crippen LogP contribution >= 0.6 is 0 Å². The van der Waals surface area contributed by atoms with E-state index in [4.69, 9.17) is 0 Å². The van der Waals surface area contributed by atoms with Gasteiger partial charge in [0.15, 0.2) is 6.29 Å². The first-order valence-electron chi connectivity index (χ1n) is 10.2. The highest BCUT2D eigenvalue weighted by Gasteiger charge is 2.26. The lowest BCUT2D eigenvalue weighted by atomic mass is 9.78. The van der Waals surface area contributed by atoms with Crippen molar-refractivity contribution in [3.63, 3.8) is 0 Å². The fraction of sp³-hybridized carbons (Fsp3) is 0.154. The van der Waals surface area contributed by atoms with Gasteiger partial charge >= 0.3 is 0 Å². The molecule has 1 heterocycles. The summed E-state index contributed by atoms with van der Waals surface area (Å²) in [5.74, 6) is -0.566. The molecule has 30 heavy (non-hydrogen) atoms. The van der Waals surface area contributed by atoms with Crippen molar-refractivity contribution in [2.24, 2.45) is 10.2 Å². The molecule has 146 valence electrons. The first-order chi connectivity index (χ1) is 14.8. The molecule has 0 aromatic heterocycles. The van der Waals surface area contributed by atoms with Gasteiger partial charge < -0.3 is 0 Å². The highest BCUT2D eigenvalue weighted by Crippen LogP contribution is 2.43. The van der Waals surface area contributed by atoms with E-state index >= 15 is 0 Å². The molecule has 4 nitrogen and oxygen atoms in total. The highest BCUT2D eigenvalue weighted by molar-refractivity contribution is 6.32. The van der Waals surface area contributed by atoms with Crippen molar-refractivity contribution in [1.29, 1.82) is 0 Å². The van der Waals surface area contributed by atoms with Gasteiger partial charge in [0.2, 0.25) is 5.78 Å². The summed E-state index contributed by atoms with van der Waals surface area (Å²) in [5.41, 5.74) is 3.52. The van der Waals surface area contributed by atoms with E-state index < -0.39 is 5.78 Å². The topological polar surface area (TPSA) is 58.9 Å². The minimum Gasteiger partial charge on any atom is -0.294 e. The number of benzene rings is 3. The van der Waals surface area contributed by atoms with E-state index in [0.717, 1.165) is 25.0 Å². The summed E-state index contributed by atoms with van der Waals surface area (Å²) >= 11 is 0. The molecule has 1 atom stereocenters. The van der Waals surface area contributed by atoms with Gasteiger partial charge in [0.05, 0.1) is 5.70 Å². The van der Waals surface area contributed by atoms with Crippen LogP contribution in [0.25, 0.3) is 21.5 Å². The number of allylic oxidation sites excluding steroid dienone is 6. The average molecular weight is 392 g/mol. The summed E-state index contributed by atoms with van der Waals surface area (Å²) in [7, 11) is 0. The summed E-state index contributed by atoms with van der Waals surface area (Å²) in [6.07, 6.45) is 10.4. The van der Waals surface area contributed by atoms with E-state index in [-0.39, 0.29) is 17.9 Å². The quantitative estimate of drug-likeness (QED) is 0.313. The molecule has 0 saturated heterocycles. The van der Waals surface area contributed by atoms with Crippen LogP contribution in [0.3, 0.4) is 0 Å². The molecule has 1 aliphatic heterocycles. The number of azo groups is 1. The first-order valence-corrected chi connectivity index (χ1v) is 10.2. The Hall–Kier alpha value is -3.66. The van der Waals surface area contributed by atoms with Gasteiger partial charge in [-0.15, -0.1) is 5.11 Å². The fourth-order valence-electron chi connectivity index (χ4n) is 4.58. The Balaban J connectivity index is 1.66. The standard InChI is InChI=1S/C26H20N2O2/c29-16-25(30)24-11-4-3-10-23(27-28-24)22-9-5-7-18-13-14-20-19-8-2-1-6-17(19)12-15-21(20)26(18)22/h1-4,6,8,10-16,22H,5,7,9H2. The van der Waals surface area contributed by atoms with Gasteiger partial charge in [0, 0.05) is 5.92 Å². The maximum absolute atomic E-state index is 11.8. The van der Waals surface area contributed by atoms with Crippen molar-refractivity contribution in [2.75, 3.05) is 0 Å². The third kappa shape index (κ3) is 3.11.